The van der Waals surface area contributed by atoms with E-state index < -0.39 is 0 Å². The van der Waals surface area contributed by atoms with Crippen LogP contribution < -0.4 is 5.32 Å². The van der Waals surface area contributed by atoms with Gasteiger partial charge in [0.2, 0.25) is 5.91 Å². The second-order valence-electron chi connectivity index (χ2n) is 2.57. The molecule has 0 saturated heterocycles. The summed E-state index contributed by atoms with van der Waals surface area (Å²) in [4.78, 5) is 11.0. The molecule has 1 amide bonds. The van der Waals surface area contributed by atoms with Gasteiger partial charge in [-0.25, -0.2) is 0 Å². The zero-order chi connectivity index (χ0) is 10.1. The normalized spacial score (nSPS) is 12.5. The van der Waals surface area contributed by atoms with Crippen molar-refractivity contribution in [3.63, 3.8) is 0 Å². The minimum Gasteiger partial charge on any atom is -0.382 e. The zero-order valence-corrected chi connectivity index (χ0v) is 8.97. The molecule has 0 aliphatic rings. The molecular formula is C8H17NO3S. The van der Waals surface area contributed by atoms with Crippen LogP contribution in [0.5, 0.6) is 0 Å². The van der Waals surface area contributed by atoms with E-state index in [9.17, 15) is 4.79 Å². The average Bonchev–Trinajstić information content (AvgIpc) is 2.10. The third-order valence-electron chi connectivity index (χ3n) is 1.36. The minimum absolute atomic E-state index is 0.0707. The fraction of sp³-hybridized carbons (Fsp3) is 0.875. The Balaban J connectivity index is 3.12. The number of thiol groups is 1. The standard InChI is InChI=1S/C8H17NO3S/c1-7(13)8(10)9-3-4-12-6-5-11-2/h7,13H,3-6H2,1-2H3,(H,9,10). The average molecular weight is 207 g/mol. The van der Waals surface area contributed by atoms with Gasteiger partial charge in [0.1, 0.15) is 0 Å². The van der Waals surface area contributed by atoms with E-state index in [0.717, 1.165) is 0 Å². The molecule has 0 rings (SSSR count). The summed E-state index contributed by atoms with van der Waals surface area (Å²) in [6.45, 7) is 3.90. The van der Waals surface area contributed by atoms with Crippen molar-refractivity contribution >= 4 is 18.5 Å². The van der Waals surface area contributed by atoms with Gasteiger partial charge in [-0.05, 0) is 6.92 Å². The molecule has 5 heteroatoms. The van der Waals surface area contributed by atoms with Crippen LogP contribution in [0.15, 0.2) is 0 Å². The van der Waals surface area contributed by atoms with Crippen molar-refractivity contribution in [3.05, 3.63) is 0 Å². The highest BCUT2D eigenvalue weighted by atomic mass is 32.1. The molecule has 1 atom stereocenters. The lowest BCUT2D eigenvalue weighted by Crippen LogP contribution is -2.32. The van der Waals surface area contributed by atoms with Gasteiger partial charge in [-0.15, -0.1) is 0 Å². The summed E-state index contributed by atoms with van der Waals surface area (Å²) < 4.78 is 9.92. The molecule has 0 saturated carbocycles. The van der Waals surface area contributed by atoms with Crippen LogP contribution >= 0.6 is 12.6 Å². The van der Waals surface area contributed by atoms with Gasteiger partial charge in [0.25, 0.3) is 0 Å². The van der Waals surface area contributed by atoms with E-state index in [2.05, 4.69) is 17.9 Å². The summed E-state index contributed by atoms with van der Waals surface area (Å²) in [7, 11) is 1.62. The van der Waals surface area contributed by atoms with Crippen molar-refractivity contribution in [2.45, 2.75) is 12.2 Å². The zero-order valence-electron chi connectivity index (χ0n) is 8.08. The second kappa shape index (κ2) is 8.34. The molecule has 0 heterocycles. The number of hydrogen-bond donors (Lipinski definition) is 2. The van der Waals surface area contributed by atoms with Crippen molar-refractivity contribution in [2.75, 3.05) is 33.5 Å². The molecule has 0 bridgehead atoms. The molecule has 78 valence electrons. The Hall–Kier alpha value is -0.260. The molecule has 1 unspecified atom stereocenters. The first kappa shape index (κ1) is 12.7. The molecule has 0 aromatic heterocycles. The summed E-state index contributed by atoms with van der Waals surface area (Å²) in [6, 6.07) is 0. The maximum Gasteiger partial charge on any atom is 0.232 e. The molecule has 0 radical (unpaired) electrons. The summed E-state index contributed by atoms with van der Waals surface area (Å²) in [5.41, 5.74) is 0. The molecule has 0 aliphatic carbocycles. The predicted molar refractivity (Wildman–Crippen MR) is 54.2 cm³/mol. The Morgan fingerprint density at radius 2 is 2.15 bits per heavy atom. The number of ether oxygens (including phenoxy) is 2. The number of methoxy groups -OCH3 is 1. The van der Waals surface area contributed by atoms with Gasteiger partial charge >= 0.3 is 0 Å². The maximum atomic E-state index is 11.0. The fourth-order valence-electron chi connectivity index (χ4n) is 0.638. The van der Waals surface area contributed by atoms with Gasteiger partial charge in [0.05, 0.1) is 25.1 Å². The van der Waals surface area contributed by atoms with Crippen LogP contribution in [0.25, 0.3) is 0 Å². The van der Waals surface area contributed by atoms with Crippen LogP contribution in [0.3, 0.4) is 0 Å². The van der Waals surface area contributed by atoms with E-state index >= 15 is 0 Å². The number of hydrogen-bond acceptors (Lipinski definition) is 4. The molecular weight excluding hydrogens is 190 g/mol. The van der Waals surface area contributed by atoms with Crippen molar-refractivity contribution in [1.29, 1.82) is 0 Å². The van der Waals surface area contributed by atoms with Gasteiger partial charge in [-0.2, -0.15) is 12.6 Å². The highest BCUT2D eigenvalue weighted by molar-refractivity contribution is 7.81. The van der Waals surface area contributed by atoms with E-state index in [0.29, 0.717) is 26.4 Å². The van der Waals surface area contributed by atoms with Crippen LogP contribution in [-0.2, 0) is 14.3 Å². The monoisotopic (exact) mass is 207 g/mol. The highest BCUT2D eigenvalue weighted by Gasteiger charge is 2.05. The highest BCUT2D eigenvalue weighted by Crippen LogP contribution is 1.90. The van der Waals surface area contributed by atoms with Crippen molar-refractivity contribution < 1.29 is 14.3 Å². The van der Waals surface area contributed by atoms with E-state index in [1.165, 1.54) is 0 Å². The number of amides is 1. The third-order valence-corrected chi connectivity index (χ3v) is 1.59. The van der Waals surface area contributed by atoms with Gasteiger partial charge in [-0.1, -0.05) is 0 Å². The Bertz CT molecular complexity index is 141. The summed E-state index contributed by atoms with van der Waals surface area (Å²) in [5.74, 6) is -0.0707. The lowest BCUT2D eigenvalue weighted by Gasteiger charge is -2.07. The lowest BCUT2D eigenvalue weighted by atomic mass is 10.4. The summed E-state index contributed by atoms with van der Waals surface area (Å²) in [6.07, 6.45) is 0. The van der Waals surface area contributed by atoms with Gasteiger partial charge in [0.15, 0.2) is 0 Å². The first-order chi connectivity index (χ1) is 6.18. The lowest BCUT2D eigenvalue weighted by molar-refractivity contribution is -0.120. The van der Waals surface area contributed by atoms with Crippen molar-refractivity contribution in [3.8, 4) is 0 Å². The van der Waals surface area contributed by atoms with Crippen molar-refractivity contribution in [1.82, 2.24) is 5.32 Å². The Labute approximate surface area is 84.4 Å². The topological polar surface area (TPSA) is 47.6 Å². The van der Waals surface area contributed by atoms with Gasteiger partial charge in [-0.3, -0.25) is 4.79 Å². The first-order valence-corrected chi connectivity index (χ1v) is 4.72. The third kappa shape index (κ3) is 8.08. The van der Waals surface area contributed by atoms with E-state index in [4.69, 9.17) is 9.47 Å². The number of carbonyl (C=O) groups excluding carboxylic acids is 1. The van der Waals surface area contributed by atoms with E-state index in [1.807, 2.05) is 0 Å². The fourth-order valence-corrected chi connectivity index (χ4v) is 0.730. The summed E-state index contributed by atoms with van der Waals surface area (Å²) >= 11 is 3.98. The molecule has 0 aromatic carbocycles. The Morgan fingerprint density at radius 1 is 1.46 bits per heavy atom. The minimum atomic E-state index is -0.265. The smallest absolute Gasteiger partial charge is 0.232 e. The van der Waals surface area contributed by atoms with E-state index in [-0.39, 0.29) is 11.2 Å². The van der Waals surface area contributed by atoms with Crippen molar-refractivity contribution in [2.24, 2.45) is 0 Å². The molecule has 4 nitrogen and oxygen atoms in total. The molecule has 0 aliphatic heterocycles. The van der Waals surface area contributed by atoms with Crippen LogP contribution in [-0.4, -0.2) is 44.6 Å². The Kier molecular flexibility index (Phi) is 8.18. The largest absolute Gasteiger partial charge is 0.382 e. The molecule has 0 aromatic rings. The Morgan fingerprint density at radius 3 is 2.69 bits per heavy atom. The maximum absolute atomic E-state index is 11.0. The number of nitrogens with one attached hydrogen (secondary N) is 1. The molecule has 0 fully saturated rings. The number of carbonyl (C=O) groups is 1. The number of rotatable bonds is 7. The van der Waals surface area contributed by atoms with Crippen LogP contribution in [0.2, 0.25) is 0 Å². The van der Waals surface area contributed by atoms with Gasteiger partial charge in [0, 0.05) is 13.7 Å². The van der Waals surface area contributed by atoms with E-state index in [1.54, 1.807) is 14.0 Å². The first-order valence-electron chi connectivity index (χ1n) is 4.21. The quantitative estimate of drug-likeness (QED) is 0.459. The summed E-state index contributed by atoms with van der Waals surface area (Å²) in [5, 5.41) is 2.41. The second-order valence-corrected chi connectivity index (χ2v) is 3.35. The van der Waals surface area contributed by atoms with Crippen LogP contribution in [0.1, 0.15) is 6.92 Å². The van der Waals surface area contributed by atoms with Gasteiger partial charge < -0.3 is 14.8 Å². The molecule has 13 heavy (non-hydrogen) atoms. The van der Waals surface area contributed by atoms with Crippen LogP contribution in [0, 0.1) is 0 Å². The van der Waals surface area contributed by atoms with Crippen LogP contribution in [0.4, 0.5) is 0 Å². The molecule has 1 N–H and O–H groups in total. The predicted octanol–water partition coefficient (Wildman–Crippen LogP) is 0.0839. The molecule has 0 spiro atoms. The SMILES string of the molecule is COCCOCCNC(=O)C(C)S.